The lowest BCUT2D eigenvalue weighted by molar-refractivity contribution is 0.0942. The Morgan fingerprint density at radius 1 is 1.16 bits per heavy atom. The van der Waals surface area contributed by atoms with Crippen molar-refractivity contribution in [2.24, 2.45) is 0 Å². The van der Waals surface area contributed by atoms with Crippen LogP contribution in [-0.2, 0) is 0 Å². The maximum Gasteiger partial charge on any atom is 0.269 e. The monoisotopic (exact) mass is 359 g/mol. The third-order valence-corrected chi connectivity index (χ3v) is 5.31. The van der Waals surface area contributed by atoms with Crippen molar-refractivity contribution in [2.75, 3.05) is 13.1 Å². The van der Waals surface area contributed by atoms with Crippen LogP contribution in [0.4, 0.5) is 4.39 Å². The van der Waals surface area contributed by atoms with E-state index in [2.05, 4.69) is 15.6 Å². The molecule has 6 heteroatoms. The van der Waals surface area contributed by atoms with Gasteiger partial charge in [-0.2, -0.15) is 4.83 Å². The van der Waals surface area contributed by atoms with Gasteiger partial charge in [0.15, 0.2) is 0 Å². The molecule has 0 aromatic heterocycles. The maximum atomic E-state index is 14.4. The molecule has 1 fully saturated rings. The van der Waals surface area contributed by atoms with Gasteiger partial charge in [-0.3, -0.25) is 10.2 Å². The number of benzene rings is 2. The van der Waals surface area contributed by atoms with Crippen molar-refractivity contribution in [1.82, 2.24) is 15.6 Å². The van der Waals surface area contributed by atoms with Crippen LogP contribution in [0.25, 0.3) is 11.1 Å². The molecule has 132 valence electrons. The quantitative estimate of drug-likeness (QED) is 0.565. The second-order valence-corrected chi connectivity index (χ2v) is 7.25. The molecule has 3 rings (SSSR count). The zero-order valence-corrected chi connectivity index (χ0v) is 15.0. The molecule has 0 spiro atoms. The normalized spacial score (nSPS) is 15.1. The molecule has 1 saturated heterocycles. The minimum Gasteiger partial charge on any atom is -0.317 e. The summed E-state index contributed by atoms with van der Waals surface area (Å²) in [6.07, 6.45) is 2.09. The van der Waals surface area contributed by atoms with E-state index >= 15 is 0 Å². The van der Waals surface area contributed by atoms with Crippen molar-refractivity contribution >= 4 is 17.9 Å². The smallest absolute Gasteiger partial charge is 0.269 e. The average Bonchev–Trinajstić information content (AvgIpc) is 2.65. The molecule has 1 heterocycles. The van der Waals surface area contributed by atoms with Crippen molar-refractivity contribution in [3.8, 4) is 11.1 Å². The molecule has 0 radical (unpaired) electrons. The van der Waals surface area contributed by atoms with E-state index in [4.69, 9.17) is 0 Å². The maximum absolute atomic E-state index is 14.4. The van der Waals surface area contributed by atoms with Gasteiger partial charge in [0.2, 0.25) is 0 Å². The van der Waals surface area contributed by atoms with E-state index in [9.17, 15) is 9.18 Å². The van der Waals surface area contributed by atoms with Crippen LogP contribution in [0.1, 0.15) is 28.8 Å². The fourth-order valence-corrected chi connectivity index (χ4v) is 3.66. The Morgan fingerprint density at radius 2 is 1.88 bits per heavy atom. The van der Waals surface area contributed by atoms with Crippen molar-refractivity contribution in [1.29, 1.82) is 0 Å². The molecule has 1 amide bonds. The summed E-state index contributed by atoms with van der Waals surface area (Å²) >= 11 is 1.49. The number of hydrazine groups is 1. The first-order valence-electron chi connectivity index (χ1n) is 8.42. The second kappa shape index (κ2) is 8.47. The van der Waals surface area contributed by atoms with Gasteiger partial charge in [-0.05, 0) is 61.7 Å². The largest absolute Gasteiger partial charge is 0.317 e. The third-order valence-electron chi connectivity index (χ3n) is 4.28. The van der Waals surface area contributed by atoms with Gasteiger partial charge in [-0.25, -0.2) is 4.39 Å². The van der Waals surface area contributed by atoms with Crippen LogP contribution in [0.15, 0.2) is 42.5 Å². The Labute approximate surface area is 151 Å². The van der Waals surface area contributed by atoms with E-state index in [1.54, 1.807) is 19.1 Å². The molecular weight excluding hydrogens is 337 g/mol. The van der Waals surface area contributed by atoms with E-state index in [1.165, 1.54) is 11.9 Å². The predicted octanol–water partition coefficient (Wildman–Crippen LogP) is 3.44. The molecule has 25 heavy (non-hydrogen) atoms. The van der Waals surface area contributed by atoms with E-state index < -0.39 is 11.7 Å². The van der Waals surface area contributed by atoms with Crippen LogP contribution < -0.4 is 15.6 Å². The molecule has 1 aliphatic heterocycles. The Bertz CT molecular complexity index is 733. The molecule has 0 saturated carbocycles. The molecular formula is C19H22FN3OS. The Hall–Kier alpha value is -1.89. The van der Waals surface area contributed by atoms with Gasteiger partial charge in [0.1, 0.15) is 5.82 Å². The molecule has 0 aliphatic carbocycles. The van der Waals surface area contributed by atoms with Crippen LogP contribution in [0, 0.1) is 12.7 Å². The number of carbonyl (C=O) groups is 1. The number of carbonyl (C=O) groups excluding carboxylic acids is 1. The van der Waals surface area contributed by atoms with E-state index in [-0.39, 0.29) is 5.56 Å². The first kappa shape index (κ1) is 17.9. The Kier molecular flexibility index (Phi) is 6.07. The first-order valence-corrected chi connectivity index (χ1v) is 9.30. The summed E-state index contributed by atoms with van der Waals surface area (Å²) in [4.78, 5) is 15.3. The summed E-state index contributed by atoms with van der Waals surface area (Å²) < 4.78 is 14.4. The number of aryl methyl sites for hydroxylation is 1. The van der Waals surface area contributed by atoms with Crippen molar-refractivity contribution < 1.29 is 9.18 Å². The van der Waals surface area contributed by atoms with Crippen LogP contribution in [0.5, 0.6) is 0 Å². The van der Waals surface area contributed by atoms with Crippen LogP contribution >= 0.6 is 11.9 Å². The Morgan fingerprint density at radius 3 is 2.60 bits per heavy atom. The lowest BCUT2D eigenvalue weighted by Gasteiger charge is -2.22. The molecule has 0 atom stereocenters. The van der Waals surface area contributed by atoms with E-state index in [0.717, 1.165) is 37.1 Å². The highest BCUT2D eigenvalue weighted by Crippen LogP contribution is 2.25. The first-order chi connectivity index (χ1) is 12.1. The fourth-order valence-electron chi connectivity index (χ4n) is 2.87. The average molecular weight is 359 g/mol. The highest BCUT2D eigenvalue weighted by Gasteiger charge is 2.17. The van der Waals surface area contributed by atoms with Gasteiger partial charge in [0.05, 0.1) is 5.56 Å². The van der Waals surface area contributed by atoms with E-state index in [0.29, 0.717) is 10.8 Å². The Balaban J connectivity index is 1.69. The topological polar surface area (TPSA) is 53.2 Å². The lowest BCUT2D eigenvalue weighted by atomic mass is 9.99. The van der Waals surface area contributed by atoms with Crippen LogP contribution in [0.3, 0.4) is 0 Å². The predicted molar refractivity (Wildman–Crippen MR) is 101 cm³/mol. The second-order valence-electron chi connectivity index (χ2n) is 6.14. The van der Waals surface area contributed by atoms with Crippen LogP contribution in [-0.4, -0.2) is 24.2 Å². The highest BCUT2D eigenvalue weighted by molar-refractivity contribution is 7.98. The summed E-state index contributed by atoms with van der Waals surface area (Å²) in [6, 6.07) is 13.0. The molecule has 4 nitrogen and oxygen atoms in total. The number of hydrogen-bond donors (Lipinski definition) is 3. The van der Waals surface area contributed by atoms with E-state index in [1.807, 2.05) is 30.3 Å². The molecule has 2 aromatic rings. The van der Waals surface area contributed by atoms with Crippen molar-refractivity contribution in [3.05, 3.63) is 59.4 Å². The zero-order valence-electron chi connectivity index (χ0n) is 14.1. The summed E-state index contributed by atoms with van der Waals surface area (Å²) in [6.45, 7) is 3.65. The summed E-state index contributed by atoms with van der Waals surface area (Å²) in [5.74, 6) is -0.939. The van der Waals surface area contributed by atoms with Crippen LogP contribution in [0.2, 0.25) is 0 Å². The van der Waals surface area contributed by atoms with Gasteiger partial charge in [-0.1, -0.05) is 42.3 Å². The zero-order chi connectivity index (χ0) is 17.6. The summed E-state index contributed by atoms with van der Waals surface area (Å²) in [5.41, 5.74) is 4.90. The van der Waals surface area contributed by atoms with Gasteiger partial charge in [0.25, 0.3) is 5.91 Å². The van der Waals surface area contributed by atoms with Crippen molar-refractivity contribution in [3.63, 3.8) is 0 Å². The fraction of sp³-hybridized carbons (Fsp3) is 0.316. The number of piperidine rings is 1. The minimum atomic E-state index is -0.481. The van der Waals surface area contributed by atoms with Gasteiger partial charge in [-0.15, -0.1) is 0 Å². The highest BCUT2D eigenvalue weighted by atomic mass is 32.2. The lowest BCUT2D eigenvalue weighted by Crippen LogP contribution is -2.37. The minimum absolute atomic E-state index is 0.0530. The van der Waals surface area contributed by atoms with Crippen molar-refractivity contribution in [2.45, 2.75) is 25.0 Å². The molecule has 0 bridgehead atoms. The number of nitrogens with one attached hydrogen (secondary N) is 3. The number of amides is 1. The van der Waals surface area contributed by atoms with Gasteiger partial charge in [0, 0.05) is 5.25 Å². The number of hydrogen-bond acceptors (Lipinski definition) is 4. The molecule has 0 unspecified atom stereocenters. The standard InChI is InChI=1S/C19H22FN3OS/c1-13-11-15(14-5-3-2-4-6-14)12-17(18(13)20)19(24)22-23-25-16-7-9-21-10-8-16/h2-6,11-12,16,21,23H,7-10H2,1H3,(H,22,24). The molecule has 3 N–H and O–H groups in total. The summed E-state index contributed by atoms with van der Waals surface area (Å²) in [5, 5.41) is 3.75. The molecule has 1 aliphatic rings. The summed E-state index contributed by atoms with van der Waals surface area (Å²) in [7, 11) is 0. The third kappa shape index (κ3) is 4.60. The van der Waals surface area contributed by atoms with Gasteiger partial charge >= 0.3 is 0 Å². The molecule has 2 aromatic carbocycles. The number of halogens is 1. The number of rotatable bonds is 5. The van der Waals surface area contributed by atoms with Gasteiger partial charge < -0.3 is 5.32 Å². The SMILES string of the molecule is Cc1cc(-c2ccccc2)cc(C(=O)NNSC2CCNCC2)c1F.